The van der Waals surface area contributed by atoms with Gasteiger partial charge in [-0.05, 0) is 38.2 Å². The van der Waals surface area contributed by atoms with Crippen molar-refractivity contribution >= 4 is 29.1 Å². The minimum Gasteiger partial charge on any atom is -0.391 e. The molecule has 2 rings (SSSR count). The van der Waals surface area contributed by atoms with E-state index < -0.39 is 6.10 Å². The fourth-order valence-corrected chi connectivity index (χ4v) is 3.04. The van der Waals surface area contributed by atoms with E-state index in [2.05, 4.69) is 0 Å². The number of halogens is 2. The van der Waals surface area contributed by atoms with Crippen molar-refractivity contribution in [1.82, 2.24) is 9.80 Å². The zero-order valence-corrected chi connectivity index (χ0v) is 13.7. The lowest BCUT2D eigenvalue weighted by atomic mass is 10.1. The van der Waals surface area contributed by atoms with Crippen LogP contribution >= 0.6 is 23.2 Å². The lowest BCUT2D eigenvalue weighted by Gasteiger charge is -2.27. The second-order valence-corrected chi connectivity index (χ2v) is 6.59. The number of aliphatic hydroxyl groups is 1. The number of hydrogen-bond donors (Lipinski definition) is 1. The van der Waals surface area contributed by atoms with Crippen molar-refractivity contribution in [3.8, 4) is 0 Å². The number of carbonyl (C=O) groups is 1. The number of likely N-dealkylation sites (N-methyl/N-ethyl adjacent to an activating group) is 1. The van der Waals surface area contributed by atoms with Crippen LogP contribution in [0.3, 0.4) is 0 Å². The van der Waals surface area contributed by atoms with E-state index in [9.17, 15) is 9.90 Å². The Morgan fingerprint density at radius 2 is 2.10 bits per heavy atom. The maximum Gasteiger partial charge on any atom is 0.227 e. The summed E-state index contributed by atoms with van der Waals surface area (Å²) >= 11 is 11.9. The van der Waals surface area contributed by atoms with Gasteiger partial charge in [-0.3, -0.25) is 4.79 Å². The number of aliphatic hydroxyl groups excluding tert-OH is 1. The van der Waals surface area contributed by atoms with Gasteiger partial charge in [0.2, 0.25) is 5.91 Å². The van der Waals surface area contributed by atoms with Crippen LogP contribution in [0.25, 0.3) is 0 Å². The van der Waals surface area contributed by atoms with Crippen LogP contribution in [-0.2, 0) is 11.2 Å². The lowest BCUT2D eigenvalue weighted by molar-refractivity contribution is -0.131. The molecule has 2 atom stereocenters. The Kier molecular flexibility index (Phi) is 5.49. The molecular formula is C15H20Cl2N2O2. The first-order valence-electron chi connectivity index (χ1n) is 6.93. The maximum absolute atomic E-state index is 12.5. The fraction of sp³-hybridized carbons (Fsp3) is 0.533. The summed E-state index contributed by atoms with van der Waals surface area (Å²) in [6, 6.07) is 5.28. The van der Waals surface area contributed by atoms with Crippen molar-refractivity contribution in [3.05, 3.63) is 33.8 Å². The predicted molar refractivity (Wildman–Crippen MR) is 84.8 cm³/mol. The summed E-state index contributed by atoms with van der Waals surface area (Å²) < 4.78 is 0. The van der Waals surface area contributed by atoms with Crippen molar-refractivity contribution in [1.29, 1.82) is 0 Å². The molecule has 0 radical (unpaired) electrons. The average molecular weight is 331 g/mol. The molecule has 2 unspecified atom stereocenters. The quantitative estimate of drug-likeness (QED) is 0.918. The SMILES string of the molecule is CN(C)CC1CC(O)CN1C(=O)Cc1ccc(Cl)c(Cl)c1. The van der Waals surface area contributed by atoms with Gasteiger partial charge in [-0.2, -0.15) is 0 Å². The molecule has 1 aromatic carbocycles. The van der Waals surface area contributed by atoms with Crippen LogP contribution in [0.15, 0.2) is 18.2 Å². The summed E-state index contributed by atoms with van der Waals surface area (Å²) in [6.07, 6.45) is 0.464. The molecule has 21 heavy (non-hydrogen) atoms. The Hall–Kier alpha value is -0.810. The highest BCUT2D eigenvalue weighted by Crippen LogP contribution is 2.24. The van der Waals surface area contributed by atoms with Gasteiger partial charge in [-0.25, -0.2) is 0 Å². The van der Waals surface area contributed by atoms with Gasteiger partial charge >= 0.3 is 0 Å². The monoisotopic (exact) mass is 330 g/mol. The molecule has 1 aromatic rings. The van der Waals surface area contributed by atoms with Crippen LogP contribution in [0.2, 0.25) is 10.0 Å². The molecule has 1 heterocycles. The highest BCUT2D eigenvalue weighted by molar-refractivity contribution is 6.42. The largest absolute Gasteiger partial charge is 0.391 e. The molecule has 6 heteroatoms. The Labute approximate surface area is 135 Å². The van der Waals surface area contributed by atoms with E-state index in [1.54, 1.807) is 23.1 Å². The Morgan fingerprint density at radius 3 is 2.71 bits per heavy atom. The van der Waals surface area contributed by atoms with Crippen molar-refractivity contribution < 1.29 is 9.90 Å². The second-order valence-electron chi connectivity index (χ2n) is 5.78. The molecule has 0 saturated carbocycles. The third kappa shape index (κ3) is 4.33. The molecule has 116 valence electrons. The zero-order valence-electron chi connectivity index (χ0n) is 12.2. The number of β-amino-alcohol motifs (C(OH)–C–C–N with tert-alkyl or cyclic N) is 1. The average Bonchev–Trinajstić information content (AvgIpc) is 2.74. The third-order valence-corrected chi connectivity index (χ3v) is 4.37. The number of hydrogen-bond acceptors (Lipinski definition) is 3. The topological polar surface area (TPSA) is 43.8 Å². The molecule has 0 spiro atoms. The fourth-order valence-electron chi connectivity index (χ4n) is 2.72. The molecule has 1 fully saturated rings. The van der Waals surface area contributed by atoms with Crippen LogP contribution in [0, 0.1) is 0 Å². The summed E-state index contributed by atoms with van der Waals surface area (Å²) in [5.74, 6) is 0.0109. The molecule has 0 aliphatic carbocycles. The summed E-state index contributed by atoms with van der Waals surface area (Å²) in [5, 5.41) is 10.8. The summed E-state index contributed by atoms with van der Waals surface area (Å²) in [6.45, 7) is 1.16. The van der Waals surface area contributed by atoms with E-state index in [1.165, 1.54) is 0 Å². The van der Waals surface area contributed by atoms with E-state index in [0.717, 1.165) is 12.1 Å². The summed E-state index contributed by atoms with van der Waals surface area (Å²) in [4.78, 5) is 16.3. The van der Waals surface area contributed by atoms with Gasteiger partial charge in [-0.1, -0.05) is 29.3 Å². The number of carbonyl (C=O) groups excluding carboxylic acids is 1. The first kappa shape index (κ1) is 16.6. The normalized spacial score (nSPS) is 22.1. The van der Waals surface area contributed by atoms with Gasteiger partial charge in [-0.15, -0.1) is 0 Å². The van der Waals surface area contributed by atoms with E-state index in [0.29, 0.717) is 23.0 Å². The minimum atomic E-state index is -0.437. The first-order valence-corrected chi connectivity index (χ1v) is 7.68. The highest BCUT2D eigenvalue weighted by Gasteiger charge is 2.34. The Balaban J connectivity index is 2.05. The van der Waals surface area contributed by atoms with Crippen LogP contribution < -0.4 is 0 Å². The zero-order chi connectivity index (χ0) is 15.6. The third-order valence-electron chi connectivity index (χ3n) is 3.63. The van der Waals surface area contributed by atoms with Gasteiger partial charge < -0.3 is 14.9 Å². The molecule has 4 nitrogen and oxygen atoms in total. The molecule has 1 aliphatic rings. The van der Waals surface area contributed by atoms with Crippen LogP contribution in [0.5, 0.6) is 0 Å². The molecule has 0 aromatic heterocycles. The molecule has 0 bridgehead atoms. The second kappa shape index (κ2) is 6.97. The molecule has 1 aliphatic heterocycles. The number of nitrogens with zero attached hydrogens (tertiary/aromatic N) is 2. The van der Waals surface area contributed by atoms with Crippen molar-refractivity contribution in [3.63, 3.8) is 0 Å². The summed E-state index contributed by atoms with van der Waals surface area (Å²) in [7, 11) is 3.93. The van der Waals surface area contributed by atoms with E-state index in [1.807, 2.05) is 19.0 Å². The summed E-state index contributed by atoms with van der Waals surface area (Å²) in [5.41, 5.74) is 0.833. The van der Waals surface area contributed by atoms with Crippen LogP contribution in [0.1, 0.15) is 12.0 Å². The standard InChI is InChI=1S/C15H20Cl2N2O2/c1-18(2)8-11-7-12(20)9-19(11)15(21)6-10-3-4-13(16)14(17)5-10/h3-5,11-12,20H,6-9H2,1-2H3. The number of likely N-dealkylation sites (tertiary alicyclic amines) is 1. The maximum atomic E-state index is 12.5. The van der Waals surface area contributed by atoms with Crippen LogP contribution in [0.4, 0.5) is 0 Å². The molecular weight excluding hydrogens is 311 g/mol. The Morgan fingerprint density at radius 1 is 1.38 bits per heavy atom. The van der Waals surface area contributed by atoms with Gasteiger partial charge in [0.25, 0.3) is 0 Å². The number of amides is 1. The Bertz CT molecular complexity index is 522. The molecule has 1 N–H and O–H groups in total. The van der Waals surface area contributed by atoms with E-state index in [4.69, 9.17) is 23.2 Å². The van der Waals surface area contributed by atoms with Crippen molar-refractivity contribution in [2.24, 2.45) is 0 Å². The van der Waals surface area contributed by atoms with Gasteiger partial charge in [0.1, 0.15) is 0 Å². The van der Waals surface area contributed by atoms with E-state index in [-0.39, 0.29) is 18.4 Å². The number of rotatable bonds is 4. The molecule has 1 amide bonds. The van der Waals surface area contributed by atoms with Gasteiger partial charge in [0.15, 0.2) is 0 Å². The van der Waals surface area contributed by atoms with E-state index >= 15 is 0 Å². The minimum absolute atomic E-state index is 0.0109. The van der Waals surface area contributed by atoms with Crippen LogP contribution in [-0.4, -0.2) is 60.1 Å². The highest BCUT2D eigenvalue weighted by atomic mass is 35.5. The smallest absolute Gasteiger partial charge is 0.227 e. The van der Waals surface area contributed by atoms with Gasteiger partial charge in [0.05, 0.1) is 22.6 Å². The predicted octanol–water partition coefficient (Wildman–Crippen LogP) is 2.06. The lowest BCUT2D eigenvalue weighted by Crippen LogP contribution is -2.42. The van der Waals surface area contributed by atoms with Crippen molar-refractivity contribution in [2.45, 2.75) is 25.0 Å². The van der Waals surface area contributed by atoms with Gasteiger partial charge in [0, 0.05) is 19.1 Å². The van der Waals surface area contributed by atoms with Crippen molar-refractivity contribution in [2.75, 3.05) is 27.2 Å². The molecule has 1 saturated heterocycles. The first-order chi connectivity index (χ1) is 9.86. The number of benzene rings is 1.